The summed E-state index contributed by atoms with van der Waals surface area (Å²) < 4.78 is 13.2. The van der Waals surface area contributed by atoms with Gasteiger partial charge in [-0.1, -0.05) is 355 Å². The van der Waals surface area contributed by atoms with E-state index in [9.17, 15) is 0 Å². The molecule has 3 aliphatic carbocycles. The quantitative estimate of drug-likeness (QED) is 0.0354. The van der Waals surface area contributed by atoms with Gasteiger partial charge < -0.3 is 9.47 Å². The summed E-state index contributed by atoms with van der Waals surface area (Å²) in [7, 11) is 0. The minimum Gasteiger partial charge on any atom is -0.494 e. The summed E-state index contributed by atoms with van der Waals surface area (Å²) in [5, 5.41) is 0. The van der Waals surface area contributed by atoms with Crippen LogP contribution in [0.4, 0.5) is 0 Å². The van der Waals surface area contributed by atoms with Crippen molar-refractivity contribution in [3.63, 3.8) is 0 Å². The van der Waals surface area contributed by atoms with Gasteiger partial charge in [-0.05, 0) is 187 Å². The predicted octanol–water partition coefficient (Wildman–Crippen LogP) is 28.8. The lowest BCUT2D eigenvalue weighted by Gasteiger charge is -2.35. The molecule has 0 bridgehead atoms. The Kier molecular flexibility index (Phi) is 26.5. The van der Waals surface area contributed by atoms with Crippen LogP contribution in [0.1, 0.15) is 317 Å². The van der Waals surface area contributed by atoms with E-state index >= 15 is 0 Å². The second-order valence-corrected chi connectivity index (χ2v) is 30.0. The average molecular weight is 1300 g/mol. The number of unbranched alkanes of at least 4 members (excludes halogenated alkanes) is 26. The Bertz CT molecular complexity index is 3430. The summed E-state index contributed by atoms with van der Waals surface area (Å²) in [5.74, 6) is 1.88. The van der Waals surface area contributed by atoms with E-state index in [1.165, 1.54) is 296 Å². The summed E-state index contributed by atoms with van der Waals surface area (Å²) >= 11 is 0. The maximum absolute atomic E-state index is 6.60. The van der Waals surface area contributed by atoms with Crippen LogP contribution in [-0.2, 0) is 16.2 Å². The van der Waals surface area contributed by atoms with Gasteiger partial charge in [0.1, 0.15) is 11.5 Å². The largest absolute Gasteiger partial charge is 0.494 e. The molecule has 0 radical (unpaired) electrons. The van der Waals surface area contributed by atoms with Crippen molar-refractivity contribution in [1.82, 2.24) is 0 Å². The Balaban J connectivity index is 1.06. The van der Waals surface area contributed by atoms with Gasteiger partial charge >= 0.3 is 0 Å². The van der Waals surface area contributed by atoms with Crippen LogP contribution >= 0.6 is 0 Å². The third-order valence-corrected chi connectivity index (χ3v) is 23.3. The molecular formula is C95H122O2. The molecule has 8 aromatic carbocycles. The van der Waals surface area contributed by atoms with Gasteiger partial charge in [0.25, 0.3) is 0 Å². The van der Waals surface area contributed by atoms with Crippen molar-refractivity contribution in [2.45, 2.75) is 289 Å². The van der Waals surface area contributed by atoms with E-state index in [4.69, 9.17) is 9.47 Å². The molecule has 3 aliphatic rings. The van der Waals surface area contributed by atoms with Gasteiger partial charge in [0.15, 0.2) is 0 Å². The van der Waals surface area contributed by atoms with Gasteiger partial charge in [-0.3, -0.25) is 0 Å². The normalized spacial score (nSPS) is 14.0. The van der Waals surface area contributed by atoms with Crippen molar-refractivity contribution < 1.29 is 9.47 Å². The lowest BCUT2D eigenvalue weighted by atomic mass is 9.67. The van der Waals surface area contributed by atoms with Gasteiger partial charge in [-0.15, -0.1) is 0 Å². The van der Waals surface area contributed by atoms with E-state index in [0.29, 0.717) is 0 Å². The number of rotatable bonds is 44. The zero-order valence-electron chi connectivity index (χ0n) is 61.4. The molecule has 2 heteroatoms. The lowest BCUT2D eigenvalue weighted by molar-refractivity contribution is 0.305. The Morgan fingerprint density at radius 2 is 0.485 bits per heavy atom. The molecule has 0 saturated carbocycles. The van der Waals surface area contributed by atoms with Crippen LogP contribution < -0.4 is 9.47 Å². The predicted molar refractivity (Wildman–Crippen MR) is 418 cm³/mol. The molecule has 0 saturated heterocycles. The van der Waals surface area contributed by atoms with E-state index in [2.05, 4.69) is 211 Å². The number of fused-ring (bicyclic) bond motifs is 9. The average Bonchev–Trinajstić information content (AvgIpc) is 1.57. The van der Waals surface area contributed by atoms with Gasteiger partial charge in [-0.2, -0.15) is 0 Å². The number of hydrogen-bond acceptors (Lipinski definition) is 2. The molecule has 0 fully saturated rings. The highest BCUT2D eigenvalue weighted by Crippen LogP contribution is 2.61. The minimum absolute atomic E-state index is 0.00724. The fourth-order valence-corrected chi connectivity index (χ4v) is 17.9. The first-order valence-corrected chi connectivity index (χ1v) is 40.1. The monoisotopic (exact) mass is 1290 g/mol. The molecule has 0 aliphatic heterocycles. The van der Waals surface area contributed by atoms with Gasteiger partial charge in [-0.25, -0.2) is 0 Å². The van der Waals surface area contributed by atoms with E-state index < -0.39 is 5.41 Å². The molecule has 0 unspecified atom stereocenters. The van der Waals surface area contributed by atoms with Crippen molar-refractivity contribution in [3.05, 3.63) is 214 Å². The molecule has 0 amide bonds. The van der Waals surface area contributed by atoms with Crippen LogP contribution in [0.2, 0.25) is 0 Å². The van der Waals surface area contributed by atoms with Crippen LogP contribution in [0.3, 0.4) is 0 Å². The van der Waals surface area contributed by atoms with E-state index in [-0.39, 0.29) is 10.8 Å². The van der Waals surface area contributed by atoms with Crippen LogP contribution in [-0.4, -0.2) is 13.2 Å². The maximum atomic E-state index is 6.60. The highest BCUT2D eigenvalue weighted by molar-refractivity contribution is 5.92. The number of hydrogen-bond donors (Lipinski definition) is 0. The molecule has 8 aromatic rings. The van der Waals surface area contributed by atoms with Crippen LogP contribution in [0.5, 0.6) is 11.5 Å². The number of ether oxygens (including phenoxy) is 2. The minimum atomic E-state index is -0.672. The van der Waals surface area contributed by atoms with Crippen LogP contribution in [0.15, 0.2) is 170 Å². The van der Waals surface area contributed by atoms with Gasteiger partial charge in [0.05, 0.1) is 18.6 Å². The lowest BCUT2D eigenvalue weighted by Crippen LogP contribution is -2.28. The second kappa shape index (κ2) is 35.9. The molecule has 2 nitrogen and oxygen atoms in total. The van der Waals surface area contributed by atoms with Gasteiger partial charge in [0, 0.05) is 10.8 Å². The fraction of sp³-hybridized carbons (Fsp3) is 0.495. The Morgan fingerprint density at radius 3 is 0.804 bits per heavy atom. The first-order chi connectivity index (χ1) is 47.9. The molecule has 0 N–H and O–H groups in total. The first-order valence-electron chi connectivity index (χ1n) is 40.1. The third kappa shape index (κ3) is 16.2. The van der Waals surface area contributed by atoms with Crippen molar-refractivity contribution >= 4 is 0 Å². The Hall–Kier alpha value is -6.64. The fourth-order valence-electron chi connectivity index (χ4n) is 17.9. The van der Waals surface area contributed by atoms with Crippen LogP contribution in [0.25, 0.3) is 55.6 Å². The smallest absolute Gasteiger partial charge is 0.119 e. The van der Waals surface area contributed by atoms with Crippen molar-refractivity contribution in [2.75, 3.05) is 13.2 Å². The second-order valence-electron chi connectivity index (χ2n) is 30.0. The van der Waals surface area contributed by atoms with Crippen molar-refractivity contribution in [3.8, 4) is 67.1 Å². The Labute approximate surface area is 589 Å². The van der Waals surface area contributed by atoms with E-state index in [0.717, 1.165) is 37.6 Å². The zero-order valence-corrected chi connectivity index (χ0v) is 61.4. The summed E-state index contributed by atoms with van der Waals surface area (Å²) in [6.07, 6.45) is 45.8. The molecule has 0 atom stereocenters. The topological polar surface area (TPSA) is 18.5 Å². The van der Waals surface area contributed by atoms with E-state index in [1.807, 2.05) is 0 Å². The molecular weight excluding hydrogens is 1170 g/mol. The SMILES string of the molecule is CCCCCCCCC1(CCCCCCCC)c2ccccc2-c2ccc(-c3ccc4c(c3)C(c3ccc(OCCCCCC)cc3)(c3ccc(OCCCCCC)cc3)c3cc(-c5ccc6c(c5)C(CCCCCCCC)(CCCCCCCC)c5ccccc5-6)ccc3-4)cc21. The maximum Gasteiger partial charge on any atom is 0.119 e. The number of benzene rings is 8. The molecule has 0 spiro atoms. The Morgan fingerprint density at radius 1 is 0.227 bits per heavy atom. The summed E-state index contributed by atoms with van der Waals surface area (Å²) in [6, 6.07) is 68.4. The highest BCUT2D eigenvalue weighted by atomic mass is 16.5. The highest BCUT2D eigenvalue weighted by Gasteiger charge is 2.48. The zero-order chi connectivity index (χ0) is 67.1. The van der Waals surface area contributed by atoms with Crippen molar-refractivity contribution in [1.29, 1.82) is 0 Å². The summed E-state index contributed by atoms with van der Waals surface area (Å²) in [6.45, 7) is 15.4. The van der Waals surface area contributed by atoms with Crippen molar-refractivity contribution in [2.24, 2.45) is 0 Å². The van der Waals surface area contributed by atoms with Crippen LogP contribution in [0, 0.1) is 0 Å². The van der Waals surface area contributed by atoms with Gasteiger partial charge in [0.2, 0.25) is 0 Å². The summed E-state index contributed by atoms with van der Waals surface area (Å²) in [5.41, 5.74) is 24.4. The molecule has 0 aromatic heterocycles. The molecule has 514 valence electrons. The third-order valence-electron chi connectivity index (χ3n) is 23.3. The first kappa shape index (κ1) is 71.6. The standard InChI is InChI=1S/C95H122O2/c1-7-13-19-25-29-37-63-93(64-38-30-26-20-14-8-2)87-45-35-33-43-81(87)83-59-47-73(69-89(83)93)75-49-61-85-86-62-50-76(74-48-60-84-82-44-34-36-46-88(82)94(90(84)70-74,65-39-31-27-21-15-9-3)66-40-32-28-22-16-10-4)72-92(86)95(91(85)71-75,77-51-55-79(56-52-77)96-67-41-23-17-11-5)78-53-57-80(58-54-78)97-68-42-24-18-12-6/h33-36,43-62,69-72H,7-32,37-42,63-68H2,1-6H3. The molecule has 97 heavy (non-hydrogen) atoms. The summed E-state index contributed by atoms with van der Waals surface area (Å²) in [4.78, 5) is 0. The van der Waals surface area contributed by atoms with E-state index in [1.54, 1.807) is 22.3 Å². The molecule has 0 heterocycles. The molecule has 11 rings (SSSR count).